The summed E-state index contributed by atoms with van der Waals surface area (Å²) in [6.45, 7) is 13.4. The van der Waals surface area contributed by atoms with Crippen molar-refractivity contribution in [3.8, 4) is 0 Å². The first-order valence-electron chi connectivity index (χ1n) is 12.7. The molecule has 2 aliphatic heterocycles. The van der Waals surface area contributed by atoms with Crippen LogP contribution < -0.4 is 0 Å². The van der Waals surface area contributed by atoms with Gasteiger partial charge in [-0.2, -0.15) is 0 Å². The van der Waals surface area contributed by atoms with E-state index >= 15 is 0 Å². The van der Waals surface area contributed by atoms with Crippen molar-refractivity contribution in [2.75, 3.05) is 0 Å². The van der Waals surface area contributed by atoms with Crippen LogP contribution in [0.3, 0.4) is 0 Å². The van der Waals surface area contributed by atoms with Crippen LogP contribution in [-0.2, 0) is 9.53 Å². The predicted octanol–water partition coefficient (Wildman–Crippen LogP) is 5.50. The quantitative estimate of drug-likeness (QED) is 0.565. The summed E-state index contributed by atoms with van der Waals surface area (Å²) in [7, 11) is 0. The number of aliphatic hydroxyl groups is 2. The van der Waals surface area contributed by atoms with Crippen molar-refractivity contribution in [3.05, 3.63) is 34.9 Å². The maximum absolute atomic E-state index is 13.3. The van der Waals surface area contributed by atoms with Gasteiger partial charge in [-0.15, -0.1) is 0 Å². The molecule has 0 aromatic heterocycles. The SMILES string of the molecule is CC(C)[C@@H](C)/C=C/[C@@H](C)[C@H]1CC[C@@]2(O)O[C@]1(C)CCC1=C2C(=O)C=C2C[C@@H](O)CC[C@@]21C. The normalized spacial score (nSPS) is 41.8. The average Bonchev–Trinajstić information content (AvgIpc) is 2.79. The Morgan fingerprint density at radius 1 is 1.09 bits per heavy atom. The number of hydrogen-bond donors (Lipinski definition) is 2. The van der Waals surface area contributed by atoms with Gasteiger partial charge in [-0.25, -0.2) is 0 Å². The molecule has 4 heteroatoms. The Morgan fingerprint density at radius 3 is 2.50 bits per heavy atom. The number of rotatable bonds is 4. The minimum Gasteiger partial charge on any atom is -0.393 e. The zero-order chi connectivity index (χ0) is 23.5. The third-order valence-electron chi connectivity index (χ3n) is 9.31. The molecule has 7 atom stereocenters. The van der Waals surface area contributed by atoms with Crippen molar-refractivity contribution < 1.29 is 19.7 Å². The summed E-state index contributed by atoms with van der Waals surface area (Å²) in [6.07, 6.45) is 10.9. The van der Waals surface area contributed by atoms with Gasteiger partial charge in [0.2, 0.25) is 0 Å². The highest BCUT2D eigenvalue weighted by molar-refractivity contribution is 6.08. The first-order chi connectivity index (χ1) is 14.9. The first-order valence-corrected chi connectivity index (χ1v) is 12.7. The van der Waals surface area contributed by atoms with E-state index in [0.29, 0.717) is 42.1 Å². The molecule has 2 N–H and O–H groups in total. The second-order valence-electron chi connectivity index (χ2n) is 11.8. The number of ether oxygens (including phenoxy) is 1. The van der Waals surface area contributed by atoms with Crippen LogP contribution in [0.4, 0.5) is 0 Å². The van der Waals surface area contributed by atoms with Crippen LogP contribution in [0.1, 0.15) is 86.5 Å². The summed E-state index contributed by atoms with van der Waals surface area (Å²) >= 11 is 0. The van der Waals surface area contributed by atoms with Crippen LogP contribution in [0.25, 0.3) is 0 Å². The third kappa shape index (κ3) is 3.86. The number of ketones is 1. The van der Waals surface area contributed by atoms with E-state index in [1.165, 1.54) is 0 Å². The van der Waals surface area contributed by atoms with Gasteiger partial charge < -0.3 is 14.9 Å². The zero-order valence-electron chi connectivity index (χ0n) is 20.8. The lowest BCUT2D eigenvalue weighted by molar-refractivity contribution is -0.285. The number of allylic oxidation sites excluding steroid dienone is 4. The molecule has 2 fully saturated rings. The molecule has 0 aromatic carbocycles. The zero-order valence-corrected chi connectivity index (χ0v) is 20.8. The molecule has 178 valence electrons. The lowest BCUT2D eigenvalue weighted by atomic mass is 9.60. The van der Waals surface area contributed by atoms with Crippen LogP contribution in [0.15, 0.2) is 34.9 Å². The van der Waals surface area contributed by atoms with E-state index in [1.807, 2.05) is 0 Å². The van der Waals surface area contributed by atoms with E-state index in [2.05, 4.69) is 53.7 Å². The monoisotopic (exact) mass is 442 g/mol. The molecule has 0 unspecified atom stereocenters. The van der Waals surface area contributed by atoms with Gasteiger partial charge in [-0.3, -0.25) is 4.79 Å². The molecule has 2 aliphatic carbocycles. The molecule has 0 amide bonds. The fourth-order valence-corrected chi connectivity index (χ4v) is 6.72. The molecule has 2 heterocycles. The smallest absolute Gasteiger partial charge is 0.196 e. The van der Waals surface area contributed by atoms with E-state index in [4.69, 9.17) is 4.74 Å². The molecule has 4 aliphatic rings. The van der Waals surface area contributed by atoms with Crippen LogP contribution in [0.5, 0.6) is 0 Å². The summed E-state index contributed by atoms with van der Waals surface area (Å²) in [5.41, 5.74) is 1.85. The second kappa shape index (κ2) is 8.21. The minimum atomic E-state index is -1.51. The van der Waals surface area contributed by atoms with Crippen LogP contribution >= 0.6 is 0 Å². The third-order valence-corrected chi connectivity index (χ3v) is 9.31. The Bertz CT molecular complexity index is 867. The molecular weight excluding hydrogens is 400 g/mol. The summed E-state index contributed by atoms with van der Waals surface area (Å²) in [5.74, 6) is 0.139. The number of carbonyl (C=O) groups excluding carboxylic acids is 1. The van der Waals surface area contributed by atoms with Crippen molar-refractivity contribution in [2.24, 2.45) is 29.1 Å². The summed E-state index contributed by atoms with van der Waals surface area (Å²) in [5, 5.41) is 22.0. The molecule has 0 spiro atoms. The number of fused-ring (bicyclic) bond motifs is 5. The molecule has 0 radical (unpaired) electrons. The lowest BCUT2D eigenvalue weighted by Gasteiger charge is -2.50. The number of hydrogen-bond acceptors (Lipinski definition) is 4. The first kappa shape index (κ1) is 23.9. The molecule has 1 saturated carbocycles. The van der Waals surface area contributed by atoms with Crippen molar-refractivity contribution in [2.45, 2.75) is 104 Å². The Labute approximate surface area is 193 Å². The van der Waals surface area contributed by atoms with Crippen molar-refractivity contribution in [1.82, 2.24) is 0 Å². The molecular formula is C28H42O4. The Kier molecular flexibility index (Phi) is 6.14. The highest BCUT2D eigenvalue weighted by Gasteiger charge is 2.57. The fourth-order valence-electron chi connectivity index (χ4n) is 6.72. The average molecular weight is 443 g/mol. The fraction of sp³-hybridized carbons (Fsp3) is 0.750. The molecule has 0 aromatic rings. The van der Waals surface area contributed by atoms with E-state index in [9.17, 15) is 15.0 Å². The molecule has 1 saturated heterocycles. The Balaban J connectivity index is 1.65. The Morgan fingerprint density at radius 2 is 1.81 bits per heavy atom. The van der Waals surface area contributed by atoms with Gasteiger partial charge in [0.15, 0.2) is 11.6 Å². The van der Waals surface area contributed by atoms with Gasteiger partial charge in [0.1, 0.15) is 0 Å². The second-order valence-corrected chi connectivity index (χ2v) is 11.8. The van der Waals surface area contributed by atoms with Gasteiger partial charge >= 0.3 is 0 Å². The van der Waals surface area contributed by atoms with Gasteiger partial charge in [-0.1, -0.05) is 52.3 Å². The Hall–Kier alpha value is -1.23. The molecule has 4 rings (SSSR count). The van der Waals surface area contributed by atoms with Gasteiger partial charge in [0, 0.05) is 11.8 Å². The maximum atomic E-state index is 13.3. The van der Waals surface area contributed by atoms with E-state index < -0.39 is 11.4 Å². The predicted molar refractivity (Wildman–Crippen MR) is 127 cm³/mol. The molecule has 32 heavy (non-hydrogen) atoms. The topological polar surface area (TPSA) is 66.8 Å². The minimum absolute atomic E-state index is 0.120. The summed E-state index contributed by atoms with van der Waals surface area (Å²) < 4.78 is 6.56. The highest BCUT2D eigenvalue weighted by atomic mass is 16.6. The number of aliphatic hydroxyl groups excluding tert-OH is 1. The molecule has 2 bridgehead atoms. The molecule has 4 nitrogen and oxygen atoms in total. The largest absolute Gasteiger partial charge is 0.393 e. The standard InChI is InChI=1S/C28H42O4/c1-17(2)18(3)7-8-19(4)22-11-14-28(31)25-23(10-13-27(22,6)32-28)26(5)12-9-21(29)15-20(26)16-24(25)30/h7-8,16-19,21-22,29,31H,9-15H2,1-6H3/b8-7+/t18-,19+,21-,22+,26-,27+,28+/m0/s1. The van der Waals surface area contributed by atoms with E-state index in [1.54, 1.807) is 6.08 Å². The van der Waals surface area contributed by atoms with Crippen LogP contribution in [0.2, 0.25) is 0 Å². The summed E-state index contributed by atoms with van der Waals surface area (Å²) in [4.78, 5) is 13.3. The van der Waals surface area contributed by atoms with Gasteiger partial charge in [0.25, 0.3) is 0 Å². The van der Waals surface area contributed by atoms with Crippen molar-refractivity contribution in [1.29, 1.82) is 0 Å². The summed E-state index contributed by atoms with van der Waals surface area (Å²) in [6, 6.07) is 0. The van der Waals surface area contributed by atoms with Crippen molar-refractivity contribution >= 4 is 5.78 Å². The maximum Gasteiger partial charge on any atom is 0.196 e. The van der Waals surface area contributed by atoms with Gasteiger partial charge in [0.05, 0.1) is 17.3 Å². The lowest BCUT2D eigenvalue weighted by Crippen LogP contribution is -2.54. The van der Waals surface area contributed by atoms with Crippen LogP contribution in [0, 0.1) is 29.1 Å². The van der Waals surface area contributed by atoms with E-state index in [-0.39, 0.29) is 17.3 Å². The number of carbonyl (C=O) groups is 1. The highest BCUT2D eigenvalue weighted by Crippen LogP contribution is 2.58. The van der Waals surface area contributed by atoms with Crippen LogP contribution in [-0.4, -0.2) is 33.5 Å². The van der Waals surface area contributed by atoms with Gasteiger partial charge in [-0.05, 0) is 80.8 Å². The van der Waals surface area contributed by atoms with Crippen molar-refractivity contribution in [3.63, 3.8) is 0 Å². The van der Waals surface area contributed by atoms with E-state index in [0.717, 1.165) is 43.3 Å².